The summed E-state index contributed by atoms with van der Waals surface area (Å²) in [5.41, 5.74) is 19.6. The summed E-state index contributed by atoms with van der Waals surface area (Å²) in [6.45, 7) is 8.57. The highest BCUT2D eigenvalue weighted by atomic mass is 32.1. The van der Waals surface area contributed by atoms with Gasteiger partial charge in [0.25, 0.3) is 0 Å². The Hall–Kier alpha value is -10.9. The molecular formula is C82H48N4O2S4. The number of nitriles is 4. The van der Waals surface area contributed by atoms with E-state index < -0.39 is 10.8 Å². The van der Waals surface area contributed by atoms with Crippen molar-refractivity contribution in [2.45, 2.75) is 38.5 Å². The molecule has 0 unspecified atom stereocenters. The number of nitrogens with zero attached hydrogens (tertiary/aromatic N) is 4. The number of fused-ring (bicyclic) bond motifs is 9. The molecule has 12 aromatic rings. The smallest absolute Gasteiger partial charge is 0.194 e. The van der Waals surface area contributed by atoms with Gasteiger partial charge in [0.05, 0.1) is 10.8 Å². The zero-order valence-corrected chi connectivity index (χ0v) is 53.3. The maximum atomic E-state index is 14.1. The van der Waals surface area contributed by atoms with Crippen molar-refractivity contribution < 1.29 is 9.59 Å². The quantitative estimate of drug-likeness (QED) is 0.110. The molecule has 4 heterocycles. The fourth-order valence-electron chi connectivity index (χ4n) is 14.5. The van der Waals surface area contributed by atoms with E-state index in [9.17, 15) is 30.6 Å². The first kappa shape index (κ1) is 56.3. The van der Waals surface area contributed by atoms with E-state index in [-0.39, 0.29) is 22.7 Å². The fourth-order valence-corrected chi connectivity index (χ4v) is 18.9. The van der Waals surface area contributed by atoms with Crippen molar-refractivity contribution in [3.63, 3.8) is 0 Å². The average molecular weight is 1250 g/mol. The number of hydrogen-bond donors (Lipinski definition) is 0. The van der Waals surface area contributed by atoms with Crippen LogP contribution in [0.4, 0.5) is 0 Å². The van der Waals surface area contributed by atoms with Gasteiger partial charge in [-0.05, 0) is 178 Å². The lowest BCUT2D eigenvalue weighted by atomic mass is 9.65. The molecule has 0 bridgehead atoms. The van der Waals surface area contributed by atoms with Gasteiger partial charge < -0.3 is 0 Å². The number of benzene rings is 8. The summed E-state index contributed by atoms with van der Waals surface area (Å²) in [5.74, 6) is -0.405. The van der Waals surface area contributed by atoms with Crippen LogP contribution < -0.4 is 0 Å². The van der Waals surface area contributed by atoms with Crippen LogP contribution in [0.25, 0.3) is 74.5 Å². The molecule has 4 aliphatic carbocycles. The van der Waals surface area contributed by atoms with Crippen LogP contribution in [0.5, 0.6) is 0 Å². The van der Waals surface area contributed by atoms with Crippen LogP contribution >= 0.6 is 45.3 Å². The molecule has 0 atom stereocenters. The molecule has 92 heavy (non-hydrogen) atoms. The Morgan fingerprint density at radius 1 is 0.359 bits per heavy atom. The Morgan fingerprint density at radius 2 is 0.739 bits per heavy atom. The SMILES string of the molecule is Cc1ccc(C2(c3ccc(C)cc3)c3cc4c(cc3-c3cc5cc(-c6ccc(C=C7C(=O)c8ccccc8C7=C(C#N)C#N)s6)sc5cc32)C(c2ccc(C)cc2)(c2ccc(C)cc2)c2cc(-c3ccc(C=C5C(=O)c6ccccc6C5=C(C#N)C#N)s3)sc2-4)cc1. The molecule has 0 saturated heterocycles. The Kier molecular flexibility index (Phi) is 13.1. The molecule has 0 spiro atoms. The minimum Gasteiger partial charge on any atom is -0.289 e. The third-order valence-electron chi connectivity index (χ3n) is 18.8. The van der Waals surface area contributed by atoms with Gasteiger partial charge in [-0.15, -0.1) is 45.3 Å². The van der Waals surface area contributed by atoms with Crippen molar-refractivity contribution in [2.75, 3.05) is 0 Å². The van der Waals surface area contributed by atoms with E-state index in [0.29, 0.717) is 44.5 Å². The third kappa shape index (κ3) is 8.30. The Bertz CT molecular complexity index is 5450. The number of thiophene rings is 4. The predicted octanol–water partition coefficient (Wildman–Crippen LogP) is 20.5. The van der Waals surface area contributed by atoms with Gasteiger partial charge in [-0.25, -0.2) is 0 Å². The van der Waals surface area contributed by atoms with Gasteiger partial charge in [-0.3, -0.25) is 9.59 Å². The number of Topliss-reactive ketones (excluding diaryl/α,β-unsaturated/α-hetero) is 2. The van der Waals surface area contributed by atoms with Gasteiger partial charge >= 0.3 is 0 Å². The van der Waals surface area contributed by atoms with E-state index in [1.165, 1.54) is 77.2 Å². The number of carbonyl (C=O) groups is 2. The minimum absolute atomic E-state index is 0.0849. The fraction of sp³-hybridized carbons (Fsp3) is 0.0732. The average Bonchev–Trinajstić information content (AvgIpc) is 1.50. The van der Waals surface area contributed by atoms with Crippen LogP contribution in [-0.2, 0) is 10.8 Å². The topological polar surface area (TPSA) is 129 Å². The van der Waals surface area contributed by atoms with Crippen molar-refractivity contribution in [1.29, 1.82) is 21.0 Å². The van der Waals surface area contributed by atoms with Crippen LogP contribution in [0.2, 0.25) is 0 Å². The second kappa shape index (κ2) is 21.4. The van der Waals surface area contributed by atoms with Crippen LogP contribution in [0, 0.1) is 73.0 Å². The molecule has 16 rings (SSSR count). The van der Waals surface area contributed by atoms with Crippen molar-refractivity contribution in [1.82, 2.24) is 0 Å². The lowest BCUT2D eigenvalue weighted by Gasteiger charge is -2.35. The second-order valence-corrected chi connectivity index (χ2v) is 28.4. The highest BCUT2D eigenvalue weighted by molar-refractivity contribution is 7.26. The maximum Gasteiger partial charge on any atom is 0.194 e. The molecule has 0 amide bonds. The number of ketones is 2. The van der Waals surface area contributed by atoms with E-state index in [4.69, 9.17) is 0 Å². The molecule has 0 radical (unpaired) electrons. The summed E-state index contributed by atoms with van der Waals surface area (Å²) < 4.78 is 1.14. The van der Waals surface area contributed by atoms with E-state index in [1.54, 1.807) is 75.7 Å². The highest BCUT2D eigenvalue weighted by Crippen LogP contribution is 2.65. The van der Waals surface area contributed by atoms with Gasteiger partial charge in [0.1, 0.15) is 35.4 Å². The summed E-state index contributed by atoms with van der Waals surface area (Å²) in [6.07, 6.45) is 3.68. The van der Waals surface area contributed by atoms with E-state index in [1.807, 2.05) is 54.6 Å². The molecule has 10 heteroatoms. The van der Waals surface area contributed by atoms with E-state index in [2.05, 4.69) is 185 Å². The van der Waals surface area contributed by atoms with Crippen LogP contribution in [-0.4, -0.2) is 11.6 Å². The van der Waals surface area contributed by atoms with E-state index >= 15 is 0 Å². The Balaban J connectivity index is 0.909. The molecule has 4 aliphatic rings. The summed E-state index contributed by atoms with van der Waals surface area (Å²) in [6, 6.07) is 81.9. The van der Waals surface area contributed by atoms with Crippen LogP contribution in [0.15, 0.2) is 229 Å². The molecule has 0 fully saturated rings. The molecule has 4 aromatic heterocycles. The van der Waals surface area contributed by atoms with Crippen LogP contribution in [0.3, 0.4) is 0 Å². The Labute approximate surface area is 548 Å². The molecule has 0 saturated carbocycles. The number of rotatable bonds is 8. The second-order valence-electron chi connectivity index (χ2n) is 24.0. The first-order chi connectivity index (χ1) is 44.8. The summed E-state index contributed by atoms with van der Waals surface area (Å²) in [4.78, 5) is 35.2. The Morgan fingerprint density at radius 3 is 1.18 bits per heavy atom. The maximum absolute atomic E-state index is 14.1. The monoisotopic (exact) mass is 1250 g/mol. The number of aryl methyl sites for hydroxylation is 4. The van der Waals surface area contributed by atoms with Gasteiger partial charge in [0, 0.05) is 72.3 Å². The van der Waals surface area contributed by atoms with Gasteiger partial charge in [0.2, 0.25) is 0 Å². The van der Waals surface area contributed by atoms with Crippen LogP contribution in [0.1, 0.15) is 108 Å². The highest BCUT2D eigenvalue weighted by Gasteiger charge is 2.53. The molecule has 432 valence electrons. The van der Waals surface area contributed by atoms with Crippen molar-refractivity contribution in [3.8, 4) is 65.4 Å². The summed E-state index contributed by atoms with van der Waals surface area (Å²) >= 11 is 6.72. The molecule has 6 nitrogen and oxygen atoms in total. The zero-order chi connectivity index (χ0) is 62.9. The van der Waals surface area contributed by atoms with Gasteiger partial charge in [0.15, 0.2) is 11.6 Å². The molecule has 8 aromatic carbocycles. The largest absolute Gasteiger partial charge is 0.289 e. The first-order valence-corrected chi connectivity index (χ1v) is 33.3. The van der Waals surface area contributed by atoms with E-state index in [0.717, 1.165) is 50.5 Å². The molecule has 0 aliphatic heterocycles. The van der Waals surface area contributed by atoms with Crippen molar-refractivity contribution in [3.05, 3.63) is 327 Å². The van der Waals surface area contributed by atoms with Gasteiger partial charge in [-0.1, -0.05) is 168 Å². The number of hydrogen-bond acceptors (Lipinski definition) is 10. The first-order valence-electron chi connectivity index (χ1n) is 30.1. The number of carbonyl (C=O) groups excluding carboxylic acids is 2. The van der Waals surface area contributed by atoms with Crippen molar-refractivity contribution >= 4 is 90.3 Å². The lowest BCUT2D eigenvalue weighted by Crippen LogP contribution is -2.30. The van der Waals surface area contributed by atoms with Crippen molar-refractivity contribution in [2.24, 2.45) is 0 Å². The third-order valence-corrected chi connectivity index (χ3v) is 23.5. The van der Waals surface area contributed by atoms with Gasteiger partial charge in [-0.2, -0.15) is 21.0 Å². The number of allylic oxidation sites excluding steroid dienone is 6. The minimum atomic E-state index is -0.763. The summed E-state index contributed by atoms with van der Waals surface area (Å²) in [5, 5.41) is 41.5. The molecule has 0 N–H and O–H groups in total. The lowest BCUT2D eigenvalue weighted by molar-refractivity contribution is 0.103. The zero-order valence-electron chi connectivity index (χ0n) is 50.0. The normalized spacial score (nSPS) is 15.1. The molecular weight excluding hydrogens is 1200 g/mol. The predicted molar refractivity (Wildman–Crippen MR) is 374 cm³/mol. The standard InChI is InChI=1S/C82H48N4O2S4/c1-45-13-21-52(22-14-45)81(53-23-15-46(2)16-24-53)67-38-64-68(37-63(67)62-33-49-34-74(91-73(49)39-69(62)81)71-31-29-56(89-71)35-65-76(50(41-83)42-84)58-9-5-7-11-60(58)78(65)87)82(54-25-17-47(3)18-26-54,55-27-19-48(4)20-28-55)70-40-75(92-80(64)70)72-32-30-57(90-72)36-66-77(51(43-85)44-86)59-10-6-8-12-61(59)79(66)88/h5-40H,1-4H3. The summed E-state index contributed by atoms with van der Waals surface area (Å²) in [7, 11) is 0.